The number of nitro groups is 1. The van der Waals surface area contributed by atoms with Crippen LogP contribution in [0.2, 0.25) is 0 Å². The van der Waals surface area contributed by atoms with E-state index in [1.165, 1.54) is 33.9 Å². The Hall–Kier alpha value is -2.21. The summed E-state index contributed by atoms with van der Waals surface area (Å²) in [5, 5.41) is 10.8. The van der Waals surface area contributed by atoms with Crippen LogP contribution in [0.25, 0.3) is 0 Å². The van der Waals surface area contributed by atoms with Crippen LogP contribution in [0, 0.1) is 10.1 Å². The summed E-state index contributed by atoms with van der Waals surface area (Å²) in [6.07, 6.45) is 2.69. The lowest BCUT2D eigenvalue weighted by molar-refractivity contribution is -0.385. The van der Waals surface area contributed by atoms with Gasteiger partial charge in [-0.15, -0.1) is 11.3 Å². The van der Waals surface area contributed by atoms with E-state index in [2.05, 4.69) is 0 Å². The summed E-state index contributed by atoms with van der Waals surface area (Å²) < 4.78 is 5.44. The topological polar surface area (TPSA) is 69.4 Å². The molecule has 1 aromatic heterocycles. The van der Waals surface area contributed by atoms with Gasteiger partial charge in [0, 0.05) is 17.0 Å². The molecule has 22 heavy (non-hydrogen) atoms. The quantitative estimate of drug-likeness (QED) is 0.484. The van der Waals surface area contributed by atoms with Crippen molar-refractivity contribution in [1.29, 1.82) is 0 Å². The summed E-state index contributed by atoms with van der Waals surface area (Å²) in [6, 6.07) is 8.08. The number of nitrogens with zero attached hydrogens (tertiary/aromatic N) is 1. The minimum Gasteiger partial charge on any atom is -0.454 e. The third-order valence-corrected chi connectivity index (χ3v) is 5.00. The molecule has 1 atom stereocenters. The van der Waals surface area contributed by atoms with Crippen molar-refractivity contribution in [2.75, 3.05) is 0 Å². The molecule has 114 valence electrons. The Morgan fingerprint density at radius 2 is 2.18 bits per heavy atom. The molecule has 0 unspecified atom stereocenters. The molecule has 0 amide bonds. The standard InChI is InChI=1S/C16H15NO4S/c1-10(11-4-2-6-13(8-11)17(19)20)21-16(18)15-9-12-5-3-7-14(12)22-15/h2,4,6,8-10H,3,5,7H2,1H3/t10-/m0/s1. The van der Waals surface area contributed by atoms with Crippen LogP contribution in [0.5, 0.6) is 0 Å². The third-order valence-electron chi connectivity index (χ3n) is 3.78. The number of hydrogen-bond donors (Lipinski definition) is 0. The molecule has 2 aromatic rings. The van der Waals surface area contributed by atoms with Gasteiger partial charge in [-0.2, -0.15) is 0 Å². The van der Waals surface area contributed by atoms with Crippen LogP contribution < -0.4 is 0 Å². The number of carbonyl (C=O) groups excluding carboxylic acids is 1. The van der Waals surface area contributed by atoms with E-state index >= 15 is 0 Å². The third kappa shape index (κ3) is 2.87. The predicted molar refractivity (Wildman–Crippen MR) is 83.3 cm³/mol. The van der Waals surface area contributed by atoms with E-state index in [1.807, 2.05) is 6.07 Å². The second-order valence-corrected chi connectivity index (χ2v) is 6.45. The number of aryl methyl sites for hydroxylation is 2. The molecular formula is C16H15NO4S. The zero-order chi connectivity index (χ0) is 15.7. The van der Waals surface area contributed by atoms with Crippen molar-refractivity contribution in [3.63, 3.8) is 0 Å². The number of benzene rings is 1. The Morgan fingerprint density at radius 1 is 1.36 bits per heavy atom. The number of esters is 1. The first-order valence-electron chi connectivity index (χ1n) is 7.11. The summed E-state index contributed by atoms with van der Waals surface area (Å²) in [6.45, 7) is 1.72. The van der Waals surface area contributed by atoms with E-state index in [0.717, 1.165) is 19.3 Å². The first-order chi connectivity index (χ1) is 10.5. The van der Waals surface area contributed by atoms with Gasteiger partial charge in [0.05, 0.1) is 4.92 Å². The number of thiophene rings is 1. The van der Waals surface area contributed by atoms with E-state index in [4.69, 9.17) is 4.74 Å². The molecule has 0 N–H and O–H groups in total. The van der Waals surface area contributed by atoms with Gasteiger partial charge in [-0.1, -0.05) is 12.1 Å². The maximum atomic E-state index is 12.2. The molecule has 1 aromatic carbocycles. The molecule has 0 aliphatic heterocycles. The number of non-ortho nitro benzene ring substituents is 1. The number of rotatable bonds is 4. The Morgan fingerprint density at radius 3 is 2.91 bits per heavy atom. The zero-order valence-electron chi connectivity index (χ0n) is 12.1. The molecule has 5 nitrogen and oxygen atoms in total. The SMILES string of the molecule is C[C@H](OC(=O)c1cc2c(s1)CCC2)c1cccc([N+](=O)[O-])c1. The summed E-state index contributed by atoms with van der Waals surface area (Å²) >= 11 is 1.49. The van der Waals surface area contributed by atoms with Gasteiger partial charge in [0.15, 0.2) is 0 Å². The lowest BCUT2D eigenvalue weighted by atomic mass is 10.1. The van der Waals surface area contributed by atoms with E-state index in [9.17, 15) is 14.9 Å². The molecule has 0 spiro atoms. The molecule has 0 fully saturated rings. The zero-order valence-corrected chi connectivity index (χ0v) is 12.9. The molecule has 1 heterocycles. The van der Waals surface area contributed by atoms with Crippen molar-refractivity contribution in [1.82, 2.24) is 0 Å². The number of nitro benzene ring substituents is 1. The van der Waals surface area contributed by atoms with E-state index in [-0.39, 0.29) is 11.7 Å². The van der Waals surface area contributed by atoms with Gasteiger partial charge < -0.3 is 4.74 Å². The molecular weight excluding hydrogens is 302 g/mol. The lowest BCUT2D eigenvalue weighted by Crippen LogP contribution is -2.08. The summed E-state index contributed by atoms with van der Waals surface area (Å²) in [7, 11) is 0. The van der Waals surface area contributed by atoms with Crippen LogP contribution in [0.4, 0.5) is 5.69 Å². The van der Waals surface area contributed by atoms with E-state index < -0.39 is 11.0 Å². The van der Waals surface area contributed by atoms with Crippen molar-refractivity contribution in [3.05, 3.63) is 61.3 Å². The fourth-order valence-corrected chi connectivity index (χ4v) is 3.74. The highest BCUT2D eigenvalue weighted by molar-refractivity contribution is 7.14. The van der Waals surface area contributed by atoms with Gasteiger partial charge in [0.25, 0.3) is 5.69 Å². The van der Waals surface area contributed by atoms with Crippen LogP contribution in [0.3, 0.4) is 0 Å². The number of fused-ring (bicyclic) bond motifs is 1. The minimum absolute atomic E-state index is 0.00417. The monoisotopic (exact) mass is 317 g/mol. The predicted octanol–water partition coefficient (Wildman–Crippen LogP) is 4.06. The summed E-state index contributed by atoms with van der Waals surface area (Å²) in [5.74, 6) is -0.363. The Kier molecular flexibility index (Phi) is 3.94. The summed E-state index contributed by atoms with van der Waals surface area (Å²) in [4.78, 5) is 24.4. The molecule has 1 aliphatic carbocycles. The van der Waals surface area contributed by atoms with Gasteiger partial charge in [0.2, 0.25) is 0 Å². The number of hydrogen-bond acceptors (Lipinski definition) is 5. The highest BCUT2D eigenvalue weighted by atomic mass is 32.1. The van der Waals surface area contributed by atoms with Gasteiger partial charge >= 0.3 is 5.97 Å². The van der Waals surface area contributed by atoms with Gasteiger partial charge in [-0.25, -0.2) is 4.79 Å². The lowest BCUT2D eigenvalue weighted by Gasteiger charge is -2.12. The molecule has 0 radical (unpaired) electrons. The average molecular weight is 317 g/mol. The largest absolute Gasteiger partial charge is 0.454 e. The van der Waals surface area contributed by atoms with Crippen molar-refractivity contribution >= 4 is 23.0 Å². The van der Waals surface area contributed by atoms with Crippen molar-refractivity contribution in [2.24, 2.45) is 0 Å². The van der Waals surface area contributed by atoms with E-state index in [0.29, 0.717) is 10.4 Å². The van der Waals surface area contributed by atoms with Gasteiger partial charge in [0.1, 0.15) is 11.0 Å². The first-order valence-corrected chi connectivity index (χ1v) is 7.93. The maximum absolute atomic E-state index is 12.2. The minimum atomic E-state index is -0.524. The molecule has 0 bridgehead atoms. The number of carbonyl (C=O) groups is 1. The Balaban J connectivity index is 1.73. The molecule has 1 aliphatic rings. The fourth-order valence-electron chi connectivity index (χ4n) is 2.61. The van der Waals surface area contributed by atoms with Gasteiger partial charge in [-0.3, -0.25) is 10.1 Å². The Bertz CT molecular complexity index is 716. The van der Waals surface area contributed by atoms with Crippen molar-refractivity contribution in [2.45, 2.75) is 32.3 Å². The van der Waals surface area contributed by atoms with Crippen LogP contribution in [0.1, 0.15) is 45.1 Å². The second-order valence-electron chi connectivity index (χ2n) is 5.31. The molecule has 0 saturated heterocycles. The highest BCUT2D eigenvalue weighted by Crippen LogP contribution is 2.32. The summed E-state index contributed by atoms with van der Waals surface area (Å²) in [5.41, 5.74) is 1.86. The van der Waals surface area contributed by atoms with Gasteiger partial charge in [-0.05, 0) is 43.4 Å². The molecule has 6 heteroatoms. The number of ether oxygens (including phenoxy) is 1. The van der Waals surface area contributed by atoms with Crippen LogP contribution in [-0.4, -0.2) is 10.9 Å². The maximum Gasteiger partial charge on any atom is 0.348 e. The van der Waals surface area contributed by atoms with E-state index in [1.54, 1.807) is 19.1 Å². The molecule has 0 saturated carbocycles. The van der Waals surface area contributed by atoms with Crippen molar-refractivity contribution in [3.8, 4) is 0 Å². The normalized spacial score (nSPS) is 14.4. The fraction of sp³-hybridized carbons (Fsp3) is 0.312. The average Bonchev–Trinajstić information content (AvgIpc) is 3.08. The van der Waals surface area contributed by atoms with Crippen molar-refractivity contribution < 1.29 is 14.5 Å². The highest BCUT2D eigenvalue weighted by Gasteiger charge is 2.21. The van der Waals surface area contributed by atoms with Crippen LogP contribution in [-0.2, 0) is 17.6 Å². The van der Waals surface area contributed by atoms with Crippen LogP contribution in [0.15, 0.2) is 30.3 Å². The first kappa shape index (κ1) is 14.7. The Labute approximate surface area is 131 Å². The van der Waals surface area contributed by atoms with Crippen LogP contribution >= 0.6 is 11.3 Å². The second kappa shape index (κ2) is 5.88. The smallest absolute Gasteiger partial charge is 0.348 e. The molecule has 3 rings (SSSR count).